The van der Waals surface area contributed by atoms with Crippen molar-refractivity contribution in [1.82, 2.24) is 5.32 Å². The normalized spacial score (nSPS) is 19.9. The van der Waals surface area contributed by atoms with E-state index in [1.165, 1.54) is 32.1 Å². The summed E-state index contributed by atoms with van der Waals surface area (Å²) in [6.07, 6.45) is 8.47. The summed E-state index contributed by atoms with van der Waals surface area (Å²) >= 11 is 0. The number of amides is 1. The van der Waals surface area contributed by atoms with E-state index in [-0.39, 0.29) is 11.9 Å². The van der Waals surface area contributed by atoms with Crippen molar-refractivity contribution in [2.24, 2.45) is 11.7 Å². The van der Waals surface area contributed by atoms with Crippen molar-refractivity contribution < 1.29 is 4.79 Å². The number of carbonyl (C=O) groups excluding carboxylic acids is 1. The molecule has 1 unspecified atom stereocenters. The number of hydrogen-bond acceptors (Lipinski definition) is 2. The first kappa shape index (κ1) is 12.5. The molecule has 3 N–H and O–H groups in total. The van der Waals surface area contributed by atoms with Crippen LogP contribution in [0.3, 0.4) is 0 Å². The van der Waals surface area contributed by atoms with E-state index < -0.39 is 0 Å². The Bertz CT molecular complexity index is 186. The molecule has 1 amide bonds. The standard InChI is InChI=1S/C12H24N2O/c1-10(13)9-14-12(15)8-7-11-5-3-2-4-6-11/h10-11H,2-9,13H2,1H3,(H,14,15). The summed E-state index contributed by atoms with van der Waals surface area (Å²) in [5.41, 5.74) is 5.56. The molecule has 1 saturated carbocycles. The van der Waals surface area contributed by atoms with Crippen LogP contribution in [0.1, 0.15) is 51.9 Å². The summed E-state index contributed by atoms with van der Waals surface area (Å²) in [5, 5.41) is 2.86. The zero-order valence-corrected chi connectivity index (χ0v) is 9.80. The van der Waals surface area contributed by atoms with Crippen molar-refractivity contribution in [3.05, 3.63) is 0 Å². The van der Waals surface area contributed by atoms with Gasteiger partial charge < -0.3 is 11.1 Å². The molecule has 1 fully saturated rings. The Hall–Kier alpha value is -0.570. The van der Waals surface area contributed by atoms with Crippen LogP contribution in [0.15, 0.2) is 0 Å². The molecule has 0 aromatic carbocycles. The van der Waals surface area contributed by atoms with Gasteiger partial charge in [0.2, 0.25) is 5.91 Å². The molecule has 0 radical (unpaired) electrons. The minimum atomic E-state index is 0.0589. The zero-order valence-electron chi connectivity index (χ0n) is 9.80. The number of carbonyl (C=O) groups is 1. The minimum absolute atomic E-state index is 0.0589. The van der Waals surface area contributed by atoms with Crippen LogP contribution in [0.2, 0.25) is 0 Å². The first-order valence-electron chi connectivity index (χ1n) is 6.20. The molecule has 1 aliphatic carbocycles. The third-order valence-electron chi connectivity index (χ3n) is 3.13. The van der Waals surface area contributed by atoms with Crippen LogP contribution in [0.25, 0.3) is 0 Å². The summed E-state index contributed by atoms with van der Waals surface area (Å²) in [6, 6.07) is 0.0589. The van der Waals surface area contributed by atoms with E-state index in [0.717, 1.165) is 12.3 Å². The molecule has 3 nitrogen and oxygen atoms in total. The van der Waals surface area contributed by atoms with Gasteiger partial charge in [-0.05, 0) is 19.3 Å². The lowest BCUT2D eigenvalue weighted by Gasteiger charge is -2.21. The molecular weight excluding hydrogens is 188 g/mol. The van der Waals surface area contributed by atoms with Gasteiger partial charge in [0.25, 0.3) is 0 Å². The second kappa shape index (κ2) is 6.83. The average Bonchev–Trinajstić information content (AvgIpc) is 2.25. The predicted molar refractivity (Wildman–Crippen MR) is 62.5 cm³/mol. The highest BCUT2D eigenvalue weighted by molar-refractivity contribution is 5.75. The van der Waals surface area contributed by atoms with Crippen LogP contribution in [0.4, 0.5) is 0 Å². The molecule has 0 saturated heterocycles. The summed E-state index contributed by atoms with van der Waals surface area (Å²) in [7, 11) is 0. The molecule has 0 aromatic rings. The molecule has 1 rings (SSSR count). The monoisotopic (exact) mass is 212 g/mol. The van der Waals surface area contributed by atoms with Gasteiger partial charge in [0.05, 0.1) is 0 Å². The number of hydrogen-bond donors (Lipinski definition) is 2. The quantitative estimate of drug-likeness (QED) is 0.730. The fourth-order valence-electron chi connectivity index (χ4n) is 2.17. The van der Waals surface area contributed by atoms with E-state index in [1.807, 2.05) is 6.92 Å². The minimum Gasteiger partial charge on any atom is -0.355 e. The summed E-state index contributed by atoms with van der Waals surface area (Å²) < 4.78 is 0. The molecule has 0 heterocycles. The van der Waals surface area contributed by atoms with Gasteiger partial charge in [0, 0.05) is 19.0 Å². The van der Waals surface area contributed by atoms with Crippen LogP contribution in [0.5, 0.6) is 0 Å². The molecule has 0 bridgehead atoms. The van der Waals surface area contributed by atoms with Crippen LogP contribution < -0.4 is 11.1 Å². The second-order valence-corrected chi connectivity index (χ2v) is 4.82. The lowest BCUT2D eigenvalue weighted by Crippen LogP contribution is -2.35. The zero-order chi connectivity index (χ0) is 11.1. The average molecular weight is 212 g/mol. The van der Waals surface area contributed by atoms with Crippen molar-refractivity contribution >= 4 is 5.91 Å². The Labute approximate surface area is 92.8 Å². The highest BCUT2D eigenvalue weighted by Gasteiger charge is 2.14. The van der Waals surface area contributed by atoms with Crippen LogP contribution in [0, 0.1) is 5.92 Å². The summed E-state index contributed by atoms with van der Waals surface area (Å²) in [6.45, 7) is 2.50. The van der Waals surface area contributed by atoms with Crippen LogP contribution in [-0.4, -0.2) is 18.5 Å². The SMILES string of the molecule is CC(N)CNC(=O)CCC1CCCCC1. The topological polar surface area (TPSA) is 55.1 Å². The number of nitrogens with one attached hydrogen (secondary N) is 1. The van der Waals surface area contributed by atoms with E-state index >= 15 is 0 Å². The van der Waals surface area contributed by atoms with Crippen molar-refractivity contribution in [3.63, 3.8) is 0 Å². The Morgan fingerprint density at radius 2 is 2.07 bits per heavy atom. The Kier molecular flexibility index (Phi) is 5.69. The van der Waals surface area contributed by atoms with Gasteiger partial charge in [-0.1, -0.05) is 32.1 Å². The molecule has 0 spiro atoms. The van der Waals surface area contributed by atoms with E-state index in [9.17, 15) is 4.79 Å². The third kappa shape index (κ3) is 5.78. The fourth-order valence-corrected chi connectivity index (χ4v) is 2.17. The molecule has 1 aliphatic rings. The van der Waals surface area contributed by atoms with E-state index in [0.29, 0.717) is 13.0 Å². The highest BCUT2D eigenvalue weighted by atomic mass is 16.1. The van der Waals surface area contributed by atoms with Gasteiger partial charge in [-0.3, -0.25) is 4.79 Å². The maximum atomic E-state index is 11.4. The van der Waals surface area contributed by atoms with E-state index in [4.69, 9.17) is 5.73 Å². The predicted octanol–water partition coefficient (Wildman–Crippen LogP) is 1.81. The molecule has 3 heteroatoms. The van der Waals surface area contributed by atoms with Crippen LogP contribution >= 0.6 is 0 Å². The summed E-state index contributed by atoms with van der Waals surface area (Å²) in [4.78, 5) is 11.4. The second-order valence-electron chi connectivity index (χ2n) is 4.82. The van der Waals surface area contributed by atoms with E-state index in [2.05, 4.69) is 5.32 Å². The maximum absolute atomic E-state index is 11.4. The van der Waals surface area contributed by atoms with Gasteiger partial charge in [-0.2, -0.15) is 0 Å². The smallest absolute Gasteiger partial charge is 0.220 e. The Balaban J connectivity index is 2.05. The van der Waals surface area contributed by atoms with Crippen molar-refractivity contribution in [3.8, 4) is 0 Å². The van der Waals surface area contributed by atoms with E-state index in [1.54, 1.807) is 0 Å². The van der Waals surface area contributed by atoms with Gasteiger partial charge in [-0.25, -0.2) is 0 Å². The lowest BCUT2D eigenvalue weighted by molar-refractivity contribution is -0.121. The first-order chi connectivity index (χ1) is 7.18. The van der Waals surface area contributed by atoms with Gasteiger partial charge in [0.15, 0.2) is 0 Å². The summed E-state index contributed by atoms with van der Waals surface area (Å²) in [5.74, 6) is 0.956. The Morgan fingerprint density at radius 1 is 1.40 bits per heavy atom. The highest BCUT2D eigenvalue weighted by Crippen LogP contribution is 2.27. The molecule has 0 aromatic heterocycles. The van der Waals surface area contributed by atoms with Gasteiger partial charge >= 0.3 is 0 Å². The maximum Gasteiger partial charge on any atom is 0.220 e. The van der Waals surface area contributed by atoms with Gasteiger partial charge in [-0.15, -0.1) is 0 Å². The fraction of sp³-hybridized carbons (Fsp3) is 0.917. The van der Waals surface area contributed by atoms with Crippen molar-refractivity contribution in [2.45, 2.75) is 57.9 Å². The third-order valence-corrected chi connectivity index (χ3v) is 3.13. The Morgan fingerprint density at radius 3 is 2.67 bits per heavy atom. The van der Waals surface area contributed by atoms with Crippen LogP contribution in [-0.2, 0) is 4.79 Å². The molecular formula is C12H24N2O. The first-order valence-corrected chi connectivity index (χ1v) is 6.20. The van der Waals surface area contributed by atoms with Gasteiger partial charge in [0.1, 0.15) is 0 Å². The van der Waals surface area contributed by atoms with Crippen molar-refractivity contribution in [2.75, 3.05) is 6.54 Å². The number of rotatable bonds is 5. The number of nitrogens with two attached hydrogens (primary N) is 1. The molecule has 1 atom stereocenters. The molecule has 0 aliphatic heterocycles. The molecule has 88 valence electrons. The molecule has 15 heavy (non-hydrogen) atoms. The largest absolute Gasteiger partial charge is 0.355 e. The van der Waals surface area contributed by atoms with Crippen molar-refractivity contribution in [1.29, 1.82) is 0 Å². The lowest BCUT2D eigenvalue weighted by atomic mass is 9.86.